The lowest BCUT2D eigenvalue weighted by Gasteiger charge is -2.09. The van der Waals surface area contributed by atoms with Crippen LogP contribution in [0.2, 0.25) is 0 Å². The fourth-order valence-electron chi connectivity index (χ4n) is 1.14. The van der Waals surface area contributed by atoms with E-state index in [1.165, 1.54) is 0 Å². The lowest BCUT2D eigenvalue weighted by Crippen LogP contribution is -2.20. The Hall–Kier alpha value is -2.04. The number of nitrogens with one attached hydrogen (secondary N) is 1. The Morgan fingerprint density at radius 1 is 1.05 bits per heavy atom. The summed E-state index contributed by atoms with van der Waals surface area (Å²) >= 11 is 0. The van der Waals surface area contributed by atoms with E-state index < -0.39 is 11.9 Å². The molecule has 1 rings (SSSR count). The third kappa shape index (κ3) is 14.2. The van der Waals surface area contributed by atoms with Gasteiger partial charge in [-0.05, 0) is 18.9 Å². The van der Waals surface area contributed by atoms with Gasteiger partial charge in [0.15, 0.2) is 0 Å². The van der Waals surface area contributed by atoms with Crippen molar-refractivity contribution in [3.63, 3.8) is 0 Å². The van der Waals surface area contributed by atoms with Crippen LogP contribution in [0, 0.1) is 0 Å². The van der Waals surface area contributed by atoms with Crippen LogP contribution in [0.25, 0.3) is 0 Å². The van der Waals surface area contributed by atoms with Crippen molar-refractivity contribution in [1.82, 2.24) is 5.32 Å². The molecule has 0 aliphatic heterocycles. The number of hydrogen-bond acceptors (Lipinski definition) is 3. The van der Waals surface area contributed by atoms with Gasteiger partial charge in [0.1, 0.15) is 5.70 Å². The Labute approximate surface area is 128 Å². The van der Waals surface area contributed by atoms with Gasteiger partial charge in [0.2, 0.25) is 0 Å². The fraction of sp³-hybridized carbons (Fsp3) is 0.500. The highest BCUT2D eigenvalue weighted by molar-refractivity contribution is 5.94. The maximum absolute atomic E-state index is 10.7. The van der Waals surface area contributed by atoms with E-state index in [2.05, 4.69) is 5.32 Å². The quantitative estimate of drug-likeness (QED) is 0.684. The number of hydrogen-bond donors (Lipinski definition) is 3. The summed E-state index contributed by atoms with van der Waals surface area (Å²) in [4.78, 5) is 21.0. The maximum Gasteiger partial charge on any atom is 0.352 e. The van der Waals surface area contributed by atoms with Crippen molar-refractivity contribution in [1.29, 1.82) is 0 Å². The second-order valence-electron chi connectivity index (χ2n) is 2.97. The monoisotopic (exact) mass is 299 g/mol. The van der Waals surface area contributed by atoms with Crippen LogP contribution < -0.4 is 5.32 Å². The molecular formula is C16H29NO4. The third-order valence-corrected chi connectivity index (χ3v) is 1.77. The minimum absolute atomic E-state index is 0.347. The van der Waals surface area contributed by atoms with E-state index in [0.29, 0.717) is 11.8 Å². The highest BCUT2D eigenvalue weighted by Crippen LogP contribution is 2.08. The van der Waals surface area contributed by atoms with Crippen molar-refractivity contribution >= 4 is 11.9 Å². The van der Waals surface area contributed by atoms with Crippen LogP contribution in [0.1, 0.15) is 54.4 Å². The van der Waals surface area contributed by atoms with Gasteiger partial charge < -0.3 is 15.5 Å². The summed E-state index contributed by atoms with van der Waals surface area (Å²) in [6, 6.07) is 0. The molecule has 0 aromatic carbocycles. The van der Waals surface area contributed by atoms with Crippen LogP contribution >= 0.6 is 0 Å². The molecule has 0 saturated carbocycles. The van der Waals surface area contributed by atoms with Crippen LogP contribution in [-0.4, -0.2) is 22.2 Å². The van der Waals surface area contributed by atoms with E-state index in [4.69, 9.17) is 10.2 Å². The fourth-order valence-corrected chi connectivity index (χ4v) is 1.14. The Kier molecular flexibility index (Phi) is 20.5. The molecule has 122 valence electrons. The summed E-state index contributed by atoms with van der Waals surface area (Å²) in [5.41, 5.74) is 0.261. The first-order chi connectivity index (χ1) is 10.1. The van der Waals surface area contributed by atoms with Gasteiger partial charge in [-0.3, -0.25) is 0 Å². The zero-order chi connectivity index (χ0) is 17.3. The SMILES string of the molecule is CC.CC.CC.O=C(O)/C=C(/NC1=CCCC=C1)C(=O)O. The minimum Gasteiger partial charge on any atom is -0.478 e. The van der Waals surface area contributed by atoms with E-state index in [1.807, 2.05) is 53.7 Å². The Morgan fingerprint density at radius 3 is 1.90 bits per heavy atom. The Morgan fingerprint density at radius 2 is 1.57 bits per heavy atom. The van der Waals surface area contributed by atoms with Gasteiger partial charge in [-0.2, -0.15) is 0 Å². The second kappa shape index (κ2) is 18.0. The molecule has 0 aromatic heterocycles. The molecule has 0 fully saturated rings. The van der Waals surface area contributed by atoms with Crippen LogP contribution in [0.15, 0.2) is 35.7 Å². The number of aliphatic carboxylic acids is 2. The van der Waals surface area contributed by atoms with Gasteiger partial charge in [-0.1, -0.05) is 53.7 Å². The molecule has 3 N–H and O–H groups in total. The molecule has 0 atom stereocenters. The van der Waals surface area contributed by atoms with Crippen molar-refractivity contribution < 1.29 is 19.8 Å². The van der Waals surface area contributed by atoms with E-state index in [-0.39, 0.29) is 5.70 Å². The number of carboxylic acid groups (broad SMARTS) is 2. The van der Waals surface area contributed by atoms with Crippen molar-refractivity contribution in [2.75, 3.05) is 0 Å². The first-order valence-corrected chi connectivity index (χ1v) is 7.41. The summed E-state index contributed by atoms with van der Waals surface area (Å²) in [5, 5.41) is 19.7. The Balaban J connectivity index is -0.000000478. The zero-order valence-corrected chi connectivity index (χ0v) is 13.9. The number of allylic oxidation sites excluding steroid dienone is 3. The van der Waals surface area contributed by atoms with Gasteiger partial charge >= 0.3 is 11.9 Å². The molecule has 0 spiro atoms. The number of rotatable bonds is 4. The summed E-state index contributed by atoms with van der Waals surface area (Å²) in [5.74, 6) is -2.59. The standard InChI is InChI=1S/C10H11NO4.3C2H6/c12-9(13)6-8(10(14)15)11-7-4-2-1-3-5-7;3*1-2/h2,4-6,11H,1,3H2,(H,12,13)(H,14,15);3*1-2H3/b8-6+;;;. The summed E-state index contributed by atoms with van der Waals surface area (Å²) < 4.78 is 0. The predicted octanol–water partition coefficient (Wildman–Crippen LogP) is 3.94. The average Bonchev–Trinajstić information content (AvgIpc) is 2.53. The van der Waals surface area contributed by atoms with Crippen molar-refractivity contribution in [2.45, 2.75) is 54.4 Å². The normalized spacial score (nSPS) is 12.1. The maximum atomic E-state index is 10.7. The van der Waals surface area contributed by atoms with Crippen LogP contribution in [0.5, 0.6) is 0 Å². The first kappa shape index (κ1) is 24.0. The number of carboxylic acids is 2. The predicted molar refractivity (Wildman–Crippen MR) is 87.0 cm³/mol. The topological polar surface area (TPSA) is 86.6 Å². The lowest BCUT2D eigenvalue weighted by molar-refractivity contribution is -0.135. The van der Waals surface area contributed by atoms with Crippen LogP contribution in [0.3, 0.4) is 0 Å². The highest BCUT2D eigenvalue weighted by Gasteiger charge is 2.10. The molecule has 5 heteroatoms. The largest absolute Gasteiger partial charge is 0.478 e. The van der Waals surface area contributed by atoms with E-state index in [0.717, 1.165) is 12.8 Å². The molecule has 0 aromatic rings. The molecule has 0 unspecified atom stereocenters. The van der Waals surface area contributed by atoms with Crippen molar-refractivity contribution in [3.8, 4) is 0 Å². The Bertz CT molecular complexity index is 368. The summed E-state index contributed by atoms with van der Waals surface area (Å²) in [6.07, 6.45) is 7.80. The van der Waals surface area contributed by atoms with Gasteiger partial charge in [0.25, 0.3) is 0 Å². The molecule has 0 amide bonds. The lowest BCUT2D eigenvalue weighted by atomic mass is 10.1. The molecule has 1 aliphatic rings. The van der Waals surface area contributed by atoms with Gasteiger partial charge in [-0.15, -0.1) is 0 Å². The van der Waals surface area contributed by atoms with Gasteiger partial charge in [0.05, 0.1) is 6.08 Å². The van der Waals surface area contributed by atoms with E-state index in [9.17, 15) is 9.59 Å². The highest BCUT2D eigenvalue weighted by atomic mass is 16.4. The summed E-state index contributed by atoms with van der Waals surface area (Å²) in [7, 11) is 0. The molecule has 21 heavy (non-hydrogen) atoms. The smallest absolute Gasteiger partial charge is 0.352 e. The first-order valence-electron chi connectivity index (χ1n) is 7.41. The van der Waals surface area contributed by atoms with E-state index >= 15 is 0 Å². The molecule has 0 radical (unpaired) electrons. The molecule has 0 heterocycles. The molecule has 0 bridgehead atoms. The van der Waals surface area contributed by atoms with Gasteiger partial charge in [-0.25, -0.2) is 9.59 Å². The zero-order valence-electron chi connectivity index (χ0n) is 13.9. The number of carbonyl (C=O) groups is 2. The third-order valence-electron chi connectivity index (χ3n) is 1.77. The molecule has 1 aliphatic carbocycles. The second-order valence-corrected chi connectivity index (χ2v) is 2.97. The molecular weight excluding hydrogens is 270 g/mol. The van der Waals surface area contributed by atoms with Crippen molar-refractivity contribution in [3.05, 3.63) is 35.7 Å². The van der Waals surface area contributed by atoms with Crippen molar-refractivity contribution in [2.24, 2.45) is 0 Å². The summed E-state index contributed by atoms with van der Waals surface area (Å²) in [6.45, 7) is 12.0. The molecule has 5 nitrogen and oxygen atoms in total. The average molecular weight is 299 g/mol. The van der Waals surface area contributed by atoms with Crippen LogP contribution in [-0.2, 0) is 9.59 Å². The van der Waals surface area contributed by atoms with Gasteiger partial charge in [0, 0.05) is 5.70 Å². The molecule has 0 saturated heterocycles. The van der Waals surface area contributed by atoms with Crippen LogP contribution in [0.4, 0.5) is 0 Å². The minimum atomic E-state index is -1.29. The van der Waals surface area contributed by atoms with E-state index in [1.54, 1.807) is 6.08 Å².